The highest BCUT2D eigenvalue weighted by Crippen LogP contribution is 2.20. The number of hydrogen-bond acceptors (Lipinski definition) is 5. The number of carbonyl (C=O) groups excluding carboxylic acids is 2. The average Bonchev–Trinajstić information content (AvgIpc) is 2.77. The molecule has 0 aliphatic rings. The van der Waals surface area contributed by atoms with Gasteiger partial charge in [-0.05, 0) is 49.2 Å². The van der Waals surface area contributed by atoms with Crippen molar-refractivity contribution in [3.05, 3.63) is 64.4 Å². The fourth-order valence-electron chi connectivity index (χ4n) is 3.17. The van der Waals surface area contributed by atoms with Gasteiger partial charge in [0.1, 0.15) is 0 Å². The van der Waals surface area contributed by atoms with Crippen molar-refractivity contribution < 1.29 is 9.59 Å². The van der Waals surface area contributed by atoms with Crippen LogP contribution in [0.5, 0.6) is 0 Å². The average molecular weight is 438 g/mol. The molecule has 3 aromatic rings. The predicted octanol–water partition coefficient (Wildman–Crippen LogP) is 4.91. The monoisotopic (exact) mass is 437 g/mol. The molecule has 0 spiro atoms. The number of rotatable bonds is 10. The lowest BCUT2D eigenvalue weighted by Crippen LogP contribution is -2.24. The first-order valence-electron chi connectivity index (χ1n) is 10.6. The van der Waals surface area contributed by atoms with Crippen LogP contribution in [0.4, 0.5) is 5.69 Å². The van der Waals surface area contributed by atoms with E-state index < -0.39 is 0 Å². The number of thioether (sulfide) groups is 1. The molecule has 0 saturated carbocycles. The smallest absolute Gasteiger partial charge is 0.262 e. The number of fused-ring (bicyclic) bond motifs is 1. The van der Waals surface area contributed by atoms with E-state index in [4.69, 9.17) is 0 Å². The van der Waals surface area contributed by atoms with Crippen molar-refractivity contribution in [1.29, 1.82) is 0 Å². The zero-order valence-corrected chi connectivity index (χ0v) is 18.7. The number of nitrogens with zero attached hydrogens (tertiary/aromatic N) is 2. The fraction of sp³-hybridized carbons (Fsp3) is 0.333. The van der Waals surface area contributed by atoms with Crippen molar-refractivity contribution in [2.45, 2.75) is 51.2 Å². The molecule has 1 heterocycles. The Bertz CT molecular complexity index is 1120. The molecule has 0 atom stereocenters. The molecule has 162 valence electrons. The molecule has 1 amide bonds. The Hall–Kier alpha value is -2.93. The van der Waals surface area contributed by atoms with Gasteiger partial charge in [0.15, 0.2) is 10.9 Å². The van der Waals surface area contributed by atoms with E-state index in [0.717, 1.165) is 19.3 Å². The van der Waals surface area contributed by atoms with Gasteiger partial charge in [-0.1, -0.05) is 44.2 Å². The zero-order valence-electron chi connectivity index (χ0n) is 17.9. The SMILES string of the molecule is CCCCn1c(SCC(=O)c2ccc(NC(=O)CCC)cc2)nc2ccccc2c1=O. The maximum Gasteiger partial charge on any atom is 0.262 e. The summed E-state index contributed by atoms with van der Waals surface area (Å²) < 4.78 is 1.68. The number of benzene rings is 2. The Labute approximate surface area is 186 Å². The Morgan fingerprint density at radius 3 is 2.48 bits per heavy atom. The Kier molecular flexibility index (Phi) is 8.00. The van der Waals surface area contributed by atoms with E-state index in [2.05, 4.69) is 17.2 Å². The predicted molar refractivity (Wildman–Crippen MR) is 126 cm³/mol. The van der Waals surface area contributed by atoms with Gasteiger partial charge < -0.3 is 5.32 Å². The second-order valence-electron chi connectivity index (χ2n) is 7.31. The quantitative estimate of drug-likeness (QED) is 0.277. The summed E-state index contributed by atoms with van der Waals surface area (Å²) in [6.07, 6.45) is 3.08. The molecule has 0 aliphatic carbocycles. The molecule has 7 heteroatoms. The van der Waals surface area contributed by atoms with Gasteiger partial charge in [0.25, 0.3) is 5.56 Å². The number of anilines is 1. The van der Waals surface area contributed by atoms with E-state index in [9.17, 15) is 14.4 Å². The summed E-state index contributed by atoms with van der Waals surface area (Å²) in [4.78, 5) is 42.0. The Morgan fingerprint density at radius 1 is 1.03 bits per heavy atom. The molecule has 0 radical (unpaired) electrons. The number of hydrogen-bond donors (Lipinski definition) is 1. The molecule has 0 unspecified atom stereocenters. The van der Waals surface area contributed by atoms with Gasteiger partial charge in [-0.3, -0.25) is 19.0 Å². The highest BCUT2D eigenvalue weighted by atomic mass is 32.2. The third-order valence-corrected chi connectivity index (χ3v) is 5.84. The first kappa shape index (κ1) is 22.7. The lowest BCUT2D eigenvalue weighted by atomic mass is 10.1. The van der Waals surface area contributed by atoms with Crippen LogP contribution in [-0.2, 0) is 11.3 Å². The second-order valence-corrected chi connectivity index (χ2v) is 8.25. The molecule has 0 aliphatic heterocycles. The Balaban J connectivity index is 1.74. The Morgan fingerprint density at radius 2 is 1.77 bits per heavy atom. The van der Waals surface area contributed by atoms with Gasteiger partial charge in [-0.2, -0.15) is 0 Å². The van der Waals surface area contributed by atoms with Crippen LogP contribution in [0.1, 0.15) is 49.9 Å². The first-order chi connectivity index (χ1) is 15.0. The van der Waals surface area contributed by atoms with Gasteiger partial charge in [0.05, 0.1) is 16.7 Å². The molecule has 1 N–H and O–H groups in total. The molecule has 0 fully saturated rings. The van der Waals surface area contributed by atoms with Crippen molar-refractivity contribution in [3.8, 4) is 0 Å². The van der Waals surface area contributed by atoms with Crippen molar-refractivity contribution in [3.63, 3.8) is 0 Å². The number of para-hydroxylation sites is 1. The lowest BCUT2D eigenvalue weighted by molar-refractivity contribution is -0.116. The summed E-state index contributed by atoms with van der Waals surface area (Å²) in [5, 5.41) is 3.97. The summed E-state index contributed by atoms with van der Waals surface area (Å²) in [5.41, 5.74) is 1.81. The lowest BCUT2D eigenvalue weighted by Gasteiger charge is -2.12. The summed E-state index contributed by atoms with van der Waals surface area (Å²) >= 11 is 1.28. The second kappa shape index (κ2) is 10.9. The highest BCUT2D eigenvalue weighted by molar-refractivity contribution is 7.99. The molecule has 3 rings (SSSR count). The molecule has 6 nitrogen and oxygen atoms in total. The number of carbonyl (C=O) groups is 2. The van der Waals surface area contributed by atoms with E-state index in [-0.39, 0.29) is 23.0 Å². The van der Waals surface area contributed by atoms with Gasteiger partial charge in [-0.15, -0.1) is 0 Å². The number of aromatic nitrogens is 2. The maximum atomic E-state index is 12.9. The van der Waals surface area contributed by atoms with Crippen LogP contribution in [0, 0.1) is 0 Å². The van der Waals surface area contributed by atoms with Crippen molar-refractivity contribution in [2.75, 3.05) is 11.1 Å². The van der Waals surface area contributed by atoms with Crippen molar-refractivity contribution in [1.82, 2.24) is 9.55 Å². The van der Waals surface area contributed by atoms with E-state index in [1.807, 2.05) is 25.1 Å². The molecule has 0 saturated heterocycles. The maximum absolute atomic E-state index is 12.9. The van der Waals surface area contributed by atoms with Gasteiger partial charge in [0.2, 0.25) is 5.91 Å². The third kappa shape index (κ3) is 5.82. The van der Waals surface area contributed by atoms with Crippen LogP contribution in [-0.4, -0.2) is 27.0 Å². The van der Waals surface area contributed by atoms with Crippen molar-refractivity contribution in [2.24, 2.45) is 0 Å². The first-order valence-corrected chi connectivity index (χ1v) is 11.6. The fourth-order valence-corrected chi connectivity index (χ4v) is 4.09. The van der Waals surface area contributed by atoms with Crippen LogP contribution >= 0.6 is 11.8 Å². The number of ketones is 1. The molecule has 1 aromatic heterocycles. The summed E-state index contributed by atoms with van der Waals surface area (Å²) in [6.45, 7) is 4.60. The van der Waals surface area contributed by atoms with Crippen LogP contribution in [0.25, 0.3) is 10.9 Å². The molecule has 31 heavy (non-hydrogen) atoms. The number of Topliss-reactive ketones (excluding diaryl/α,β-unsaturated/α-hetero) is 1. The molecule has 2 aromatic carbocycles. The normalized spacial score (nSPS) is 10.9. The summed E-state index contributed by atoms with van der Waals surface area (Å²) in [7, 11) is 0. The van der Waals surface area contributed by atoms with Crippen LogP contribution in [0.3, 0.4) is 0 Å². The van der Waals surface area contributed by atoms with E-state index in [0.29, 0.717) is 40.3 Å². The number of amides is 1. The van der Waals surface area contributed by atoms with E-state index in [1.54, 1.807) is 34.9 Å². The summed E-state index contributed by atoms with van der Waals surface area (Å²) in [5.74, 6) is 0.0868. The van der Waals surface area contributed by atoms with E-state index in [1.165, 1.54) is 11.8 Å². The van der Waals surface area contributed by atoms with Gasteiger partial charge in [0, 0.05) is 24.2 Å². The minimum absolute atomic E-state index is 0.0374. The van der Waals surface area contributed by atoms with Gasteiger partial charge in [-0.25, -0.2) is 4.98 Å². The largest absolute Gasteiger partial charge is 0.326 e. The van der Waals surface area contributed by atoms with Gasteiger partial charge >= 0.3 is 0 Å². The van der Waals surface area contributed by atoms with Crippen molar-refractivity contribution >= 4 is 40.0 Å². The minimum Gasteiger partial charge on any atom is -0.326 e. The zero-order chi connectivity index (χ0) is 22.2. The minimum atomic E-state index is -0.0684. The number of unbranched alkanes of at least 4 members (excludes halogenated alkanes) is 1. The summed E-state index contributed by atoms with van der Waals surface area (Å²) in [6, 6.07) is 14.2. The topological polar surface area (TPSA) is 81.1 Å². The standard InChI is InChI=1S/C24H27N3O3S/c1-3-5-15-27-23(30)19-9-6-7-10-20(19)26-24(27)31-16-21(28)17-11-13-18(14-12-17)25-22(29)8-4-2/h6-7,9-14H,3-5,8,15-16H2,1-2H3,(H,25,29). The van der Waals surface area contributed by atoms with Crippen LogP contribution in [0.2, 0.25) is 0 Å². The van der Waals surface area contributed by atoms with Crippen LogP contribution in [0.15, 0.2) is 58.5 Å². The molecule has 0 bridgehead atoms. The molecular formula is C24H27N3O3S. The number of nitrogens with one attached hydrogen (secondary N) is 1. The van der Waals surface area contributed by atoms with Crippen LogP contribution < -0.4 is 10.9 Å². The third-order valence-electron chi connectivity index (χ3n) is 4.86. The van der Waals surface area contributed by atoms with E-state index >= 15 is 0 Å². The highest BCUT2D eigenvalue weighted by Gasteiger charge is 2.14. The molecular weight excluding hydrogens is 410 g/mol.